The van der Waals surface area contributed by atoms with Crippen molar-refractivity contribution in [1.82, 2.24) is 0 Å². The molecule has 0 spiro atoms. The van der Waals surface area contributed by atoms with Crippen molar-refractivity contribution < 1.29 is 9.53 Å². The topological polar surface area (TPSA) is 26.3 Å². The molecular formula is C9H15O2P. The van der Waals surface area contributed by atoms with Crippen LogP contribution in [-0.4, -0.2) is 31.1 Å². The van der Waals surface area contributed by atoms with Gasteiger partial charge in [0.1, 0.15) is 0 Å². The minimum absolute atomic E-state index is 0.107. The number of terminal acetylenes is 1. The van der Waals surface area contributed by atoms with E-state index in [0.717, 1.165) is 12.3 Å². The van der Waals surface area contributed by atoms with Gasteiger partial charge in [0, 0.05) is 0 Å². The van der Waals surface area contributed by atoms with Crippen LogP contribution < -0.4 is 0 Å². The smallest absolute Gasteiger partial charge is 0.311 e. The number of esters is 1. The molecule has 0 heterocycles. The van der Waals surface area contributed by atoms with E-state index in [9.17, 15) is 4.79 Å². The SMILES string of the molecule is C#CCOC(=O)CP(CC)CC. The fraction of sp³-hybridized carbons (Fsp3) is 0.667. The molecule has 3 heteroatoms. The van der Waals surface area contributed by atoms with Crippen LogP contribution in [-0.2, 0) is 9.53 Å². The summed E-state index contributed by atoms with van der Waals surface area (Å²) in [7, 11) is -0.155. The zero-order valence-corrected chi connectivity index (χ0v) is 8.56. The first-order valence-electron chi connectivity index (χ1n) is 4.06. The van der Waals surface area contributed by atoms with E-state index in [0.29, 0.717) is 6.16 Å². The predicted molar refractivity (Wildman–Crippen MR) is 52.7 cm³/mol. The lowest BCUT2D eigenvalue weighted by Crippen LogP contribution is -2.10. The van der Waals surface area contributed by atoms with Crippen molar-refractivity contribution in [3.8, 4) is 12.3 Å². The van der Waals surface area contributed by atoms with Crippen LogP contribution in [0.2, 0.25) is 0 Å². The molecule has 0 aromatic rings. The van der Waals surface area contributed by atoms with Gasteiger partial charge in [0.2, 0.25) is 0 Å². The number of hydrogen-bond acceptors (Lipinski definition) is 2. The Hall–Kier alpha value is -0.540. The zero-order chi connectivity index (χ0) is 9.40. The summed E-state index contributed by atoms with van der Waals surface area (Å²) in [5, 5.41) is 0. The Labute approximate surface area is 75.4 Å². The lowest BCUT2D eigenvalue weighted by molar-refractivity contribution is -0.139. The second-order valence-electron chi connectivity index (χ2n) is 2.33. The molecule has 0 aliphatic rings. The summed E-state index contributed by atoms with van der Waals surface area (Å²) >= 11 is 0. The molecule has 0 bridgehead atoms. The van der Waals surface area contributed by atoms with E-state index < -0.39 is 0 Å². The van der Waals surface area contributed by atoms with E-state index in [-0.39, 0.29) is 20.5 Å². The van der Waals surface area contributed by atoms with Crippen LogP contribution in [0.15, 0.2) is 0 Å². The number of ether oxygens (including phenoxy) is 1. The molecule has 0 aromatic carbocycles. The summed E-state index contributed by atoms with van der Waals surface area (Å²) in [5.41, 5.74) is 0. The fourth-order valence-corrected chi connectivity index (χ4v) is 2.15. The van der Waals surface area contributed by atoms with Crippen molar-refractivity contribution in [3.05, 3.63) is 0 Å². The quantitative estimate of drug-likeness (QED) is 0.371. The van der Waals surface area contributed by atoms with Crippen LogP contribution >= 0.6 is 7.92 Å². The average Bonchev–Trinajstić information content (AvgIpc) is 2.10. The lowest BCUT2D eigenvalue weighted by Gasteiger charge is -2.10. The first-order valence-corrected chi connectivity index (χ1v) is 5.95. The first-order chi connectivity index (χ1) is 5.74. The third kappa shape index (κ3) is 5.16. The summed E-state index contributed by atoms with van der Waals surface area (Å²) in [6.07, 6.45) is 7.67. The van der Waals surface area contributed by atoms with Crippen LogP contribution in [0, 0.1) is 12.3 Å². The number of rotatable bonds is 5. The van der Waals surface area contributed by atoms with E-state index >= 15 is 0 Å². The Morgan fingerprint density at radius 1 is 1.50 bits per heavy atom. The maximum atomic E-state index is 11.0. The van der Waals surface area contributed by atoms with Crippen LogP contribution in [0.3, 0.4) is 0 Å². The standard InChI is InChI=1S/C9H15O2P/c1-4-7-11-9(10)8-12(5-2)6-3/h1H,5-8H2,2-3H3. The number of carbonyl (C=O) groups is 1. The van der Waals surface area contributed by atoms with Gasteiger partial charge in [0.15, 0.2) is 6.61 Å². The monoisotopic (exact) mass is 186 g/mol. The molecule has 0 aliphatic carbocycles. The zero-order valence-electron chi connectivity index (χ0n) is 7.67. The first kappa shape index (κ1) is 11.5. The predicted octanol–water partition coefficient (Wildman–Crippen LogP) is 1.68. The van der Waals surface area contributed by atoms with Gasteiger partial charge in [-0.2, -0.15) is 0 Å². The van der Waals surface area contributed by atoms with Gasteiger partial charge in [-0.15, -0.1) is 6.42 Å². The van der Waals surface area contributed by atoms with Crippen molar-refractivity contribution >= 4 is 13.9 Å². The minimum Gasteiger partial charge on any atom is -0.452 e. The maximum absolute atomic E-state index is 11.0. The van der Waals surface area contributed by atoms with Gasteiger partial charge in [-0.25, -0.2) is 0 Å². The molecule has 68 valence electrons. The second kappa shape index (κ2) is 7.13. The van der Waals surface area contributed by atoms with Crippen molar-refractivity contribution in [2.75, 3.05) is 25.1 Å². The highest BCUT2D eigenvalue weighted by atomic mass is 31.1. The van der Waals surface area contributed by atoms with Crippen molar-refractivity contribution in [2.45, 2.75) is 13.8 Å². The maximum Gasteiger partial charge on any atom is 0.311 e. The molecule has 0 radical (unpaired) electrons. The highest BCUT2D eigenvalue weighted by Gasteiger charge is 2.09. The largest absolute Gasteiger partial charge is 0.452 e. The molecular weight excluding hydrogens is 171 g/mol. The molecule has 0 atom stereocenters. The number of hydrogen-bond donors (Lipinski definition) is 0. The van der Waals surface area contributed by atoms with E-state index in [2.05, 4.69) is 19.8 Å². The summed E-state index contributed by atoms with van der Waals surface area (Å²) in [4.78, 5) is 11.0. The fourth-order valence-electron chi connectivity index (χ4n) is 0.798. The molecule has 0 amide bonds. The van der Waals surface area contributed by atoms with Crippen LogP contribution in [0.5, 0.6) is 0 Å². The molecule has 0 N–H and O–H groups in total. The van der Waals surface area contributed by atoms with Gasteiger partial charge in [0.25, 0.3) is 0 Å². The molecule has 0 aliphatic heterocycles. The van der Waals surface area contributed by atoms with Gasteiger partial charge < -0.3 is 4.74 Å². The highest BCUT2D eigenvalue weighted by Crippen LogP contribution is 2.33. The lowest BCUT2D eigenvalue weighted by atomic mass is 10.7. The van der Waals surface area contributed by atoms with Crippen LogP contribution in [0.1, 0.15) is 13.8 Å². The van der Waals surface area contributed by atoms with E-state index in [1.807, 2.05) is 0 Å². The van der Waals surface area contributed by atoms with Gasteiger partial charge in [-0.3, -0.25) is 4.79 Å². The Morgan fingerprint density at radius 3 is 2.50 bits per heavy atom. The molecule has 0 saturated heterocycles. The Kier molecular flexibility index (Phi) is 6.81. The third-order valence-electron chi connectivity index (χ3n) is 1.56. The second-order valence-corrected chi connectivity index (χ2v) is 5.25. The summed E-state index contributed by atoms with van der Waals surface area (Å²) in [6, 6.07) is 0. The molecule has 0 saturated carbocycles. The molecule has 0 rings (SSSR count). The van der Waals surface area contributed by atoms with Crippen molar-refractivity contribution in [1.29, 1.82) is 0 Å². The van der Waals surface area contributed by atoms with Crippen LogP contribution in [0.25, 0.3) is 0 Å². The Balaban J connectivity index is 3.60. The molecule has 12 heavy (non-hydrogen) atoms. The van der Waals surface area contributed by atoms with Crippen LogP contribution in [0.4, 0.5) is 0 Å². The normalized spacial score (nSPS) is 9.50. The summed E-state index contributed by atoms with van der Waals surface area (Å²) in [5.74, 6) is 2.12. The minimum atomic E-state index is -0.155. The van der Waals surface area contributed by atoms with Gasteiger partial charge in [0.05, 0.1) is 6.16 Å². The number of carbonyl (C=O) groups excluding carboxylic acids is 1. The molecule has 0 fully saturated rings. The Morgan fingerprint density at radius 2 is 2.08 bits per heavy atom. The third-order valence-corrected chi connectivity index (χ3v) is 4.06. The van der Waals surface area contributed by atoms with E-state index in [1.165, 1.54) is 0 Å². The molecule has 2 nitrogen and oxygen atoms in total. The highest BCUT2D eigenvalue weighted by molar-refractivity contribution is 7.58. The average molecular weight is 186 g/mol. The van der Waals surface area contributed by atoms with Gasteiger partial charge >= 0.3 is 5.97 Å². The molecule has 0 unspecified atom stereocenters. The van der Waals surface area contributed by atoms with Gasteiger partial charge in [-0.05, 0) is 12.3 Å². The van der Waals surface area contributed by atoms with Crippen molar-refractivity contribution in [2.24, 2.45) is 0 Å². The summed E-state index contributed by atoms with van der Waals surface area (Å²) < 4.78 is 4.77. The summed E-state index contributed by atoms with van der Waals surface area (Å²) in [6.45, 7) is 4.31. The van der Waals surface area contributed by atoms with Crippen molar-refractivity contribution in [3.63, 3.8) is 0 Å². The van der Waals surface area contributed by atoms with E-state index in [1.54, 1.807) is 0 Å². The Bertz CT molecular complexity index is 168. The molecule has 0 aromatic heterocycles. The van der Waals surface area contributed by atoms with E-state index in [4.69, 9.17) is 11.2 Å². The van der Waals surface area contributed by atoms with Gasteiger partial charge in [-0.1, -0.05) is 27.7 Å².